The summed E-state index contributed by atoms with van der Waals surface area (Å²) < 4.78 is 11.4. The van der Waals surface area contributed by atoms with Crippen molar-refractivity contribution < 1.29 is 14.3 Å². The Bertz CT molecular complexity index is 529. The molecule has 0 saturated carbocycles. The molecule has 0 spiro atoms. The molecule has 0 unspecified atom stereocenters. The van der Waals surface area contributed by atoms with Crippen LogP contribution in [0.1, 0.15) is 50.9 Å². The maximum absolute atomic E-state index is 12.7. The zero-order valence-electron chi connectivity index (χ0n) is 15.7. The lowest BCUT2D eigenvalue weighted by molar-refractivity contribution is 0.0740. The SMILES string of the molecule is CCCCOc1ccc(C(=O)N(C)CC(C)(C)CN)cc1OCC. The topological polar surface area (TPSA) is 64.8 Å². The van der Waals surface area contributed by atoms with Gasteiger partial charge < -0.3 is 20.1 Å². The highest BCUT2D eigenvalue weighted by Gasteiger charge is 2.22. The first kappa shape index (κ1) is 20.3. The molecule has 0 heterocycles. The second kappa shape index (κ2) is 9.52. The van der Waals surface area contributed by atoms with Crippen molar-refractivity contribution in [1.29, 1.82) is 0 Å². The van der Waals surface area contributed by atoms with Crippen LogP contribution in [0.5, 0.6) is 11.5 Å². The Morgan fingerprint density at radius 1 is 1.21 bits per heavy atom. The van der Waals surface area contributed by atoms with Crippen LogP contribution in [0.2, 0.25) is 0 Å². The van der Waals surface area contributed by atoms with E-state index >= 15 is 0 Å². The second-order valence-electron chi connectivity index (χ2n) is 6.83. The largest absolute Gasteiger partial charge is 0.490 e. The van der Waals surface area contributed by atoms with Gasteiger partial charge in [-0.1, -0.05) is 27.2 Å². The predicted octanol–water partition coefficient (Wildman–Crippen LogP) is 3.32. The molecule has 5 heteroatoms. The minimum Gasteiger partial charge on any atom is -0.490 e. The van der Waals surface area contributed by atoms with Gasteiger partial charge in [-0.05, 0) is 43.5 Å². The summed E-state index contributed by atoms with van der Waals surface area (Å²) in [6.45, 7) is 10.4. The van der Waals surface area contributed by atoms with Crippen LogP contribution in [0.25, 0.3) is 0 Å². The summed E-state index contributed by atoms with van der Waals surface area (Å²) in [5.74, 6) is 1.26. The normalized spacial score (nSPS) is 11.2. The minimum absolute atomic E-state index is 0.0439. The van der Waals surface area contributed by atoms with E-state index in [1.807, 2.05) is 26.8 Å². The number of hydrogen-bond donors (Lipinski definition) is 1. The molecule has 0 aromatic heterocycles. The zero-order valence-corrected chi connectivity index (χ0v) is 15.7. The van der Waals surface area contributed by atoms with Gasteiger partial charge in [0.2, 0.25) is 0 Å². The van der Waals surface area contributed by atoms with E-state index in [1.165, 1.54) is 0 Å². The summed E-state index contributed by atoms with van der Waals surface area (Å²) in [4.78, 5) is 14.4. The molecular weight excluding hydrogens is 304 g/mol. The Morgan fingerprint density at radius 2 is 1.92 bits per heavy atom. The van der Waals surface area contributed by atoms with Crippen LogP contribution in [-0.4, -0.2) is 44.2 Å². The molecule has 1 aromatic carbocycles. The lowest BCUT2D eigenvalue weighted by atomic mass is 9.93. The number of rotatable bonds is 10. The van der Waals surface area contributed by atoms with Gasteiger partial charge in [-0.25, -0.2) is 0 Å². The maximum Gasteiger partial charge on any atom is 0.253 e. The fourth-order valence-electron chi connectivity index (χ4n) is 2.35. The molecule has 0 bridgehead atoms. The van der Waals surface area contributed by atoms with Crippen LogP contribution in [0.3, 0.4) is 0 Å². The van der Waals surface area contributed by atoms with Gasteiger partial charge in [-0.2, -0.15) is 0 Å². The first-order valence-electron chi connectivity index (χ1n) is 8.69. The molecule has 5 nitrogen and oxygen atoms in total. The van der Waals surface area contributed by atoms with Gasteiger partial charge in [0, 0.05) is 19.2 Å². The lowest BCUT2D eigenvalue weighted by Gasteiger charge is -2.29. The molecule has 0 aliphatic carbocycles. The molecule has 0 aliphatic heterocycles. The number of nitrogens with zero attached hydrogens (tertiary/aromatic N) is 1. The van der Waals surface area contributed by atoms with Crippen molar-refractivity contribution >= 4 is 5.91 Å². The van der Waals surface area contributed by atoms with Crippen molar-refractivity contribution in [2.75, 3.05) is 33.4 Å². The Hall–Kier alpha value is -1.75. The van der Waals surface area contributed by atoms with Crippen LogP contribution >= 0.6 is 0 Å². The summed E-state index contributed by atoms with van der Waals surface area (Å²) in [6, 6.07) is 5.37. The predicted molar refractivity (Wildman–Crippen MR) is 97.8 cm³/mol. The summed E-state index contributed by atoms with van der Waals surface area (Å²) in [5, 5.41) is 0. The number of carbonyl (C=O) groups excluding carboxylic acids is 1. The monoisotopic (exact) mass is 336 g/mol. The van der Waals surface area contributed by atoms with Crippen molar-refractivity contribution in [1.82, 2.24) is 4.90 Å². The van der Waals surface area contributed by atoms with E-state index in [0.29, 0.717) is 43.4 Å². The Kier molecular flexibility index (Phi) is 8.05. The van der Waals surface area contributed by atoms with E-state index in [4.69, 9.17) is 15.2 Å². The first-order valence-corrected chi connectivity index (χ1v) is 8.69. The smallest absolute Gasteiger partial charge is 0.253 e. The Labute approximate surface area is 146 Å². The van der Waals surface area contributed by atoms with Gasteiger partial charge in [0.1, 0.15) is 0 Å². The Balaban J connectivity index is 2.91. The molecule has 1 amide bonds. The number of unbranched alkanes of at least 4 members (excludes halogenated alkanes) is 1. The van der Waals surface area contributed by atoms with E-state index in [2.05, 4.69) is 6.92 Å². The maximum atomic E-state index is 12.7. The van der Waals surface area contributed by atoms with Crippen molar-refractivity contribution in [3.8, 4) is 11.5 Å². The van der Waals surface area contributed by atoms with Gasteiger partial charge in [0.15, 0.2) is 11.5 Å². The van der Waals surface area contributed by atoms with Crippen LogP contribution in [-0.2, 0) is 0 Å². The molecule has 0 atom stereocenters. The molecule has 0 aliphatic rings. The third-order valence-corrected chi connectivity index (χ3v) is 3.81. The van der Waals surface area contributed by atoms with Crippen molar-refractivity contribution in [2.24, 2.45) is 11.1 Å². The van der Waals surface area contributed by atoms with E-state index in [9.17, 15) is 4.79 Å². The number of nitrogens with two attached hydrogens (primary N) is 1. The zero-order chi connectivity index (χ0) is 18.2. The third kappa shape index (κ3) is 6.04. The van der Waals surface area contributed by atoms with E-state index in [-0.39, 0.29) is 11.3 Å². The molecular formula is C19H32N2O3. The highest BCUT2D eigenvalue weighted by Crippen LogP contribution is 2.29. The number of carbonyl (C=O) groups is 1. The molecule has 1 aromatic rings. The number of hydrogen-bond acceptors (Lipinski definition) is 4. The Morgan fingerprint density at radius 3 is 2.50 bits per heavy atom. The van der Waals surface area contributed by atoms with Crippen molar-refractivity contribution in [3.05, 3.63) is 23.8 Å². The molecule has 0 radical (unpaired) electrons. The standard InChI is InChI=1S/C19H32N2O3/c1-6-8-11-24-16-10-9-15(12-17(16)23-7-2)18(22)21(5)14-19(3,4)13-20/h9-10,12H,6-8,11,13-14,20H2,1-5H3. The molecule has 0 fully saturated rings. The molecule has 2 N–H and O–H groups in total. The van der Waals surface area contributed by atoms with Gasteiger partial charge in [-0.15, -0.1) is 0 Å². The quantitative estimate of drug-likeness (QED) is 0.666. The van der Waals surface area contributed by atoms with Gasteiger partial charge in [-0.3, -0.25) is 4.79 Å². The van der Waals surface area contributed by atoms with Crippen LogP contribution in [0.15, 0.2) is 18.2 Å². The average molecular weight is 336 g/mol. The van der Waals surface area contributed by atoms with E-state index < -0.39 is 0 Å². The van der Waals surface area contributed by atoms with Crippen LogP contribution in [0.4, 0.5) is 0 Å². The van der Waals surface area contributed by atoms with Gasteiger partial charge >= 0.3 is 0 Å². The van der Waals surface area contributed by atoms with Crippen molar-refractivity contribution in [3.63, 3.8) is 0 Å². The third-order valence-electron chi connectivity index (χ3n) is 3.81. The fraction of sp³-hybridized carbons (Fsp3) is 0.632. The summed E-state index contributed by atoms with van der Waals surface area (Å²) >= 11 is 0. The van der Waals surface area contributed by atoms with Crippen LogP contribution < -0.4 is 15.2 Å². The van der Waals surface area contributed by atoms with E-state index in [1.54, 1.807) is 24.1 Å². The first-order chi connectivity index (χ1) is 11.3. The molecule has 24 heavy (non-hydrogen) atoms. The molecule has 0 saturated heterocycles. The summed E-state index contributed by atoms with van der Waals surface area (Å²) in [5.41, 5.74) is 6.24. The summed E-state index contributed by atoms with van der Waals surface area (Å²) in [6.07, 6.45) is 2.06. The number of amides is 1. The van der Waals surface area contributed by atoms with E-state index in [0.717, 1.165) is 12.8 Å². The number of benzene rings is 1. The van der Waals surface area contributed by atoms with Gasteiger partial charge in [0.05, 0.1) is 13.2 Å². The highest BCUT2D eigenvalue weighted by molar-refractivity contribution is 5.94. The number of ether oxygens (including phenoxy) is 2. The van der Waals surface area contributed by atoms with Crippen LogP contribution in [0, 0.1) is 5.41 Å². The summed E-state index contributed by atoms with van der Waals surface area (Å²) in [7, 11) is 1.80. The molecule has 1 rings (SSSR count). The van der Waals surface area contributed by atoms with Crippen molar-refractivity contribution in [2.45, 2.75) is 40.5 Å². The van der Waals surface area contributed by atoms with Gasteiger partial charge in [0.25, 0.3) is 5.91 Å². The average Bonchev–Trinajstić information content (AvgIpc) is 2.55. The second-order valence-corrected chi connectivity index (χ2v) is 6.83. The highest BCUT2D eigenvalue weighted by atomic mass is 16.5. The lowest BCUT2D eigenvalue weighted by Crippen LogP contribution is -2.39. The molecule has 136 valence electrons. The minimum atomic E-state index is -0.115. The fourth-order valence-corrected chi connectivity index (χ4v) is 2.35.